The van der Waals surface area contributed by atoms with Crippen LogP contribution in [0.5, 0.6) is 0 Å². The molecule has 1 aromatic carbocycles. The summed E-state index contributed by atoms with van der Waals surface area (Å²) < 4.78 is 14.5. The smallest absolute Gasteiger partial charge is 0.230 e. The first-order chi connectivity index (χ1) is 10.5. The van der Waals surface area contributed by atoms with Crippen LogP contribution in [0.25, 0.3) is 11.4 Å². The molecule has 3 N–H and O–H groups in total. The number of thioether (sulfide) groups is 1. The average Bonchev–Trinajstić information content (AvgIpc) is 2.86. The molecule has 0 aliphatic heterocycles. The molecule has 0 aliphatic rings. The maximum atomic E-state index is 13.2. The number of nitrogens with one attached hydrogen (secondary N) is 1. The van der Waals surface area contributed by atoms with E-state index in [1.165, 1.54) is 28.6 Å². The van der Waals surface area contributed by atoms with E-state index in [4.69, 9.17) is 5.84 Å². The van der Waals surface area contributed by atoms with E-state index in [2.05, 4.69) is 15.5 Å². The number of amides is 1. The lowest BCUT2D eigenvalue weighted by atomic mass is 10.2. The number of carbonyl (C=O) groups is 1. The van der Waals surface area contributed by atoms with Crippen molar-refractivity contribution in [1.29, 1.82) is 0 Å². The molecule has 0 saturated carbocycles. The molecule has 0 unspecified atom stereocenters. The molecule has 1 amide bonds. The lowest BCUT2D eigenvalue weighted by Crippen LogP contribution is -2.33. The summed E-state index contributed by atoms with van der Waals surface area (Å²) in [5.74, 6) is 6.00. The molecule has 0 bridgehead atoms. The van der Waals surface area contributed by atoms with Crippen molar-refractivity contribution in [2.75, 3.05) is 11.6 Å². The third-order valence-corrected chi connectivity index (χ3v) is 4.04. The number of aromatic nitrogens is 3. The highest BCUT2D eigenvalue weighted by atomic mass is 32.2. The van der Waals surface area contributed by atoms with E-state index in [0.717, 1.165) is 6.42 Å². The first kappa shape index (κ1) is 16.3. The Morgan fingerprint density at radius 1 is 1.50 bits per heavy atom. The molecule has 118 valence electrons. The van der Waals surface area contributed by atoms with Crippen molar-refractivity contribution in [3.8, 4) is 11.4 Å². The molecule has 0 radical (unpaired) electrons. The largest absolute Gasteiger partial charge is 0.353 e. The molecule has 8 heteroatoms. The maximum absolute atomic E-state index is 13.2. The number of nitrogens with two attached hydrogens (primary N) is 1. The number of nitrogens with zero attached hydrogens (tertiary/aromatic N) is 3. The van der Waals surface area contributed by atoms with Gasteiger partial charge in [0.05, 0.1) is 5.75 Å². The second-order valence-electron chi connectivity index (χ2n) is 4.85. The predicted octanol–water partition coefficient (Wildman–Crippen LogP) is 1.80. The molecule has 0 fully saturated rings. The first-order valence-electron chi connectivity index (χ1n) is 6.89. The molecular formula is C14H18FN5OS. The minimum absolute atomic E-state index is 0.0883. The van der Waals surface area contributed by atoms with Crippen LogP contribution in [0.2, 0.25) is 0 Å². The van der Waals surface area contributed by atoms with Gasteiger partial charge in [0.1, 0.15) is 5.82 Å². The molecule has 1 heterocycles. The van der Waals surface area contributed by atoms with E-state index in [9.17, 15) is 9.18 Å². The summed E-state index contributed by atoms with van der Waals surface area (Å²) in [6.07, 6.45) is 0.868. The zero-order chi connectivity index (χ0) is 16.1. The van der Waals surface area contributed by atoms with Crippen LogP contribution in [-0.2, 0) is 4.79 Å². The molecule has 6 nitrogen and oxygen atoms in total. The number of rotatable bonds is 6. The van der Waals surface area contributed by atoms with Crippen LogP contribution in [0.1, 0.15) is 20.3 Å². The molecule has 0 aliphatic carbocycles. The van der Waals surface area contributed by atoms with Crippen LogP contribution in [0.4, 0.5) is 4.39 Å². The van der Waals surface area contributed by atoms with Gasteiger partial charge >= 0.3 is 0 Å². The van der Waals surface area contributed by atoms with E-state index in [0.29, 0.717) is 16.5 Å². The standard InChI is InChI=1S/C14H18FN5OS/c1-3-9(2)17-12(21)8-22-14-19-18-13(20(14)16)10-5-4-6-11(15)7-10/h4-7,9H,3,8,16H2,1-2H3,(H,17,21)/t9-/m1/s1. The van der Waals surface area contributed by atoms with Crippen LogP contribution in [-0.4, -0.2) is 32.6 Å². The van der Waals surface area contributed by atoms with Crippen molar-refractivity contribution in [3.63, 3.8) is 0 Å². The fraction of sp³-hybridized carbons (Fsp3) is 0.357. The zero-order valence-electron chi connectivity index (χ0n) is 12.4. The summed E-state index contributed by atoms with van der Waals surface area (Å²) in [4.78, 5) is 11.7. The molecule has 0 spiro atoms. The van der Waals surface area contributed by atoms with Crippen LogP contribution in [0.15, 0.2) is 29.4 Å². The molecule has 1 atom stereocenters. The fourth-order valence-electron chi connectivity index (χ4n) is 1.75. The molecular weight excluding hydrogens is 305 g/mol. The third kappa shape index (κ3) is 3.97. The number of hydrogen-bond donors (Lipinski definition) is 2. The van der Waals surface area contributed by atoms with Crippen molar-refractivity contribution < 1.29 is 9.18 Å². The monoisotopic (exact) mass is 323 g/mol. The Balaban J connectivity index is 2.04. The Morgan fingerprint density at radius 2 is 2.27 bits per heavy atom. The van der Waals surface area contributed by atoms with Gasteiger partial charge in [-0.15, -0.1) is 10.2 Å². The average molecular weight is 323 g/mol. The third-order valence-electron chi connectivity index (χ3n) is 3.10. The van der Waals surface area contributed by atoms with E-state index in [1.54, 1.807) is 12.1 Å². The molecule has 2 rings (SSSR count). The topological polar surface area (TPSA) is 85.8 Å². The number of benzene rings is 1. The molecule has 0 saturated heterocycles. The van der Waals surface area contributed by atoms with Gasteiger partial charge in [-0.05, 0) is 25.5 Å². The lowest BCUT2D eigenvalue weighted by molar-refractivity contribution is -0.119. The number of carbonyl (C=O) groups excluding carboxylic acids is 1. The minimum Gasteiger partial charge on any atom is -0.353 e. The highest BCUT2D eigenvalue weighted by Crippen LogP contribution is 2.21. The van der Waals surface area contributed by atoms with Crippen LogP contribution >= 0.6 is 11.8 Å². The Labute approximate surface area is 132 Å². The van der Waals surface area contributed by atoms with Crippen LogP contribution in [0.3, 0.4) is 0 Å². The van der Waals surface area contributed by atoms with Crippen molar-refractivity contribution in [2.45, 2.75) is 31.5 Å². The van der Waals surface area contributed by atoms with E-state index >= 15 is 0 Å². The second-order valence-corrected chi connectivity index (χ2v) is 5.79. The SMILES string of the molecule is CC[C@@H](C)NC(=O)CSc1nnc(-c2cccc(F)c2)n1N. The first-order valence-corrected chi connectivity index (χ1v) is 7.88. The van der Waals surface area contributed by atoms with E-state index < -0.39 is 0 Å². The van der Waals surface area contributed by atoms with Crippen molar-refractivity contribution >= 4 is 17.7 Å². The van der Waals surface area contributed by atoms with Crippen LogP contribution < -0.4 is 11.2 Å². The van der Waals surface area contributed by atoms with Gasteiger partial charge in [0.15, 0.2) is 5.82 Å². The second kappa shape index (κ2) is 7.26. The fourth-order valence-corrected chi connectivity index (χ4v) is 2.42. The van der Waals surface area contributed by atoms with Gasteiger partial charge in [-0.3, -0.25) is 4.79 Å². The Bertz CT molecular complexity index is 660. The normalized spacial score (nSPS) is 12.1. The van der Waals surface area contributed by atoms with Crippen molar-refractivity contribution in [3.05, 3.63) is 30.1 Å². The van der Waals surface area contributed by atoms with E-state index in [-0.39, 0.29) is 23.5 Å². The van der Waals surface area contributed by atoms with Gasteiger partial charge in [-0.2, -0.15) is 0 Å². The van der Waals surface area contributed by atoms with Gasteiger partial charge in [-0.25, -0.2) is 9.07 Å². The van der Waals surface area contributed by atoms with Gasteiger partial charge in [0.2, 0.25) is 11.1 Å². The number of nitrogen functional groups attached to an aromatic ring is 1. The summed E-state index contributed by atoms with van der Waals surface area (Å²) in [6, 6.07) is 6.08. The number of hydrogen-bond acceptors (Lipinski definition) is 5. The molecule has 1 aromatic heterocycles. The maximum Gasteiger partial charge on any atom is 0.230 e. The summed E-state index contributed by atoms with van der Waals surface area (Å²) in [6.45, 7) is 3.94. The van der Waals surface area contributed by atoms with E-state index in [1.807, 2.05) is 13.8 Å². The number of halogens is 1. The quantitative estimate of drug-likeness (QED) is 0.625. The molecule has 22 heavy (non-hydrogen) atoms. The van der Waals surface area contributed by atoms with Crippen molar-refractivity contribution in [1.82, 2.24) is 20.2 Å². The predicted molar refractivity (Wildman–Crippen MR) is 84.2 cm³/mol. The summed E-state index contributed by atoms with van der Waals surface area (Å²) in [5.41, 5.74) is 0.533. The highest BCUT2D eigenvalue weighted by molar-refractivity contribution is 7.99. The molecule has 2 aromatic rings. The minimum atomic E-state index is -0.373. The van der Waals surface area contributed by atoms with Crippen LogP contribution in [0, 0.1) is 5.82 Å². The Hall–Kier alpha value is -2.09. The van der Waals surface area contributed by atoms with Gasteiger partial charge < -0.3 is 11.2 Å². The Morgan fingerprint density at radius 3 is 2.95 bits per heavy atom. The summed E-state index contributed by atoms with van der Waals surface area (Å²) >= 11 is 1.19. The zero-order valence-corrected chi connectivity index (χ0v) is 13.2. The van der Waals surface area contributed by atoms with Gasteiger partial charge in [0, 0.05) is 11.6 Å². The summed E-state index contributed by atoms with van der Waals surface area (Å²) in [7, 11) is 0. The van der Waals surface area contributed by atoms with Crippen molar-refractivity contribution in [2.24, 2.45) is 0 Å². The van der Waals surface area contributed by atoms with Gasteiger partial charge in [-0.1, -0.05) is 30.8 Å². The summed E-state index contributed by atoms with van der Waals surface area (Å²) in [5, 5.41) is 11.2. The lowest BCUT2D eigenvalue weighted by Gasteiger charge is -2.10. The highest BCUT2D eigenvalue weighted by Gasteiger charge is 2.14. The van der Waals surface area contributed by atoms with Gasteiger partial charge in [0.25, 0.3) is 0 Å². The Kier molecular flexibility index (Phi) is 5.37.